The monoisotopic (exact) mass is 532 g/mol. The first-order chi connectivity index (χ1) is 17.4. The zero-order chi connectivity index (χ0) is 28.1. The lowest BCUT2D eigenvalue weighted by Crippen LogP contribution is -2.70. The van der Waals surface area contributed by atoms with Crippen LogP contribution in [0.15, 0.2) is 0 Å². The lowest BCUT2D eigenvalue weighted by Gasteiger charge is -2.71. The van der Waals surface area contributed by atoms with Gasteiger partial charge in [-0.2, -0.15) is 0 Å². The van der Waals surface area contributed by atoms with E-state index in [-0.39, 0.29) is 57.5 Å². The normalized spacial score (nSPS) is 51.3. The van der Waals surface area contributed by atoms with Gasteiger partial charge >= 0.3 is 17.9 Å². The van der Waals surface area contributed by atoms with Crippen molar-refractivity contribution in [2.24, 2.45) is 39.4 Å². The molecule has 10 atom stereocenters. The first-order valence-electron chi connectivity index (χ1n) is 14.7. The number of carbonyl (C=O) groups excluding carboxylic acids is 3. The van der Waals surface area contributed by atoms with Crippen molar-refractivity contribution in [3.63, 3.8) is 0 Å². The van der Waals surface area contributed by atoms with Gasteiger partial charge in [0.2, 0.25) is 0 Å². The summed E-state index contributed by atoms with van der Waals surface area (Å²) in [4.78, 5) is 36.7. The smallest absolute Gasteiger partial charge is 0.306 e. The molecule has 1 saturated heterocycles. The Morgan fingerprint density at radius 2 is 1.50 bits per heavy atom. The molecule has 4 saturated carbocycles. The minimum atomic E-state index is -1.26. The Bertz CT molecular complexity index is 1040. The maximum absolute atomic E-state index is 12.5. The van der Waals surface area contributed by atoms with Crippen LogP contribution in [0.2, 0.25) is 0 Å². The summed E-state index contributed by atoms with van der Waals surface area (Å²) >= 11 is 0. The van der Waals surface area contributed by atoms with Crippen LogP contribution in [0.3, 0.4) is 0 Å². The van der Waals surface area contributed by atoms with Gasteiger partial charge in [-0.1, -0.05) is 34.6 Å². The minimum absolute atomic E-state index is 0.0238. The largest absolute Gasteiger partial charge is 0.462 e. The molecule has 0 bridgehead atoms. The third kappa shape index (κ3) is 3.51. The first kappa shape index (κ1) is 27.9. The van der Waals surface area contributed by atoms with Crippen LogP contribution in [-0.4, -0.2) is 46.4 Å². The predicted octanol–water partition coefficient (Wildman–Crippen LogP) is 5.36. The van der Waals surface area contributed by atoms with Crippen LogP contribution in [-0.2, 0) is 28.6 Å². The van der Waals surface area contributed by atoms with E-state index < -0.39 is 17.3 Å². The Kier molecular flexibility index (Phi) is 6.20. The SMILES string of the molecule is CC(=O)O[C@@H]1C[C@H]2[C@@]3(C)CC[C@@H](OC(C)=O)C(C)(C)[C@@H]3CC[C@@]2(C)[C@]2(C)CC[C@](O)([C@]3(C)CCC(=O)O3)[C@H]12. The Morgan fingerprint density at radius 3 is 2.08 bits per heavy atom. The summed E-state index contributed by atoms with van der Waals surface area (Å²) in [5.41, 5.74) is -2.83. The molecule has 4 aliphatic carbocycles. The molecule has 7 heteroatoms. The molecular weight excluding hydrogens is 484 g/mol. The van der Waals surface area contributed by atoms with E-state index >= 15 is 0 Å². The molecule has 0 amide bonds. The second-order valence-corrected chi connectivity index (χ2v) is 14.9. The average molecular weight is 533 g/mol. The van der Waals surface area contributed by atoms with Crippen molar-refractivity contribution in [1.82, 2.24) is 0 Å². The lowest BCUT2D eigenvalue weighted by atomic mass is 9.35. The molecule has 1 heterocycles. The Labute approximate surface area is 227 Å². The molecule has 38 heavy (non-hydrogen) atoms. The highest BCUT2D eigenvalue weighted by atomic mass is 16.6. The van der Waals surface area contributed by atoms with Crippen molar-refractivity contribution in [2.45, 2.75) is 137 Å². The number of carbonyl (C=O) groups is 3. The van der Waals surface area contributed by atoms with Crippen LogP contribution in [0.5, 0.6) is 0 Å². The van der Waals surface area contributed by atoms with Crippen LogP contribution in [0.25, 0.3) is 0 Å². The van der Waals surface area contributed by atoms with E-state index in [4.69, 9.17) is 14.2 Å². The summed E-state index contributed by atoms with van der Waals surface area (Å²) in [5, 5.41) is 12.5. The van der Waals surface area contributed by atoms with Gasteiger partial charge in [-0.3, -0.25) is 14.4 Å². The van der Waals surface area contributed by atoms with Crippen molar-refractivity contribution in [3.05, 3.63) is 0 Å². The van der Waals surface area contributed by atoms with Crippen LogP contribution in [0.4, 0.5) is 0 Å². The molecule has 5 rings (SSSR count). The second-order valence-electron chi connectivity index (χ2n) is 14.9. The van der Waals surface area contributed by atoms with E-state index in [2.05, 4.69) is 34.6 Å². The summed E-state index contributed by atoms with van der Waals surface area (Å²) in [6.07, 6.45) is 6.03. The Morgan fingerprint density at radius 1 is 0.842 bits per heavy atom. The van der Waals surface area contributed by atoms with Crippen LogP contribution < -0.4 is 0 Å². The van der Waals surface area contributed by atoms with E-state index in [0.717, 1.165) is 32.1 Å². The molecule has 0 aromatic carbocycles. The van der Waals surface area contributed by atoms with Crippen molar-refractivity contribution in [2.75, 3.05) is 0 Å². The van der Waals surface area contributed by atoms with E-state index in [1.54, 1.807) is 0 Å². The van der Waals surface area contributed by atoms with Gasteiger partial charge in [0.1, 0.15) is 23.4 Å². The molecule has 0 unspecified atom stereocenters. The molecule has 0 aromatic rings. The molecule has 7 nitrogen and oxygen atoms in total. The number of ether oxygens (including phenoxy) is 3. The number of fused-ring (bicyclic) bond motifs is 5. The highest BCUT2D eigenvalue weighted by Crippen LogP contribution is 2.77. The molecule has 214 valence electrons. The topological polar surface area (TPSA) is 99.1 Å². The van der Waals surface area contributed by atoms with Gasteiger partial charge in [0.15, 0.2) is 0 Å². The first-order valence-corrected chi connectivity index (χ1v) is 14.7. The Balaban J connectivity index is 1.58. The quantitative estimate of drug-likeness (QED) is 0.386. The van der Waals surface area contributed by atoms with Gasteiger partial charge in [0.05, 0.1) is 0 Å². The predicted molar refractivity (Wildman–Crippen MR) is 141 cm³/mol. The van der Waals surface area contributed by atoms with Crippen LogP contribution in [0.1, 0.15) is 113 Å². The fraction of sp³-hybridized carbons (Fsp3) is 0.903. The highest BCUT2D eigenvalue weighted by molar-refractivity contribution is 5.72. The number of hydrogen-bond acceptors (Lipinski definition) is 7. The van der Waals surface area contributed by atoms with E-state index in [1.807, 2.05) is 6.92 Å². The highest BCUT2D eigenvalue weighted by Gasteiger charge is 2.76. The molecule has 1 N–H and O–H groups in total. The summed E-state index contributed by atoms with van der Waals surface area (Å²) in [6, 6.07) is 0. The number of rotatable bonds is 3. The van der Waals surface area contributed by atoms with Crippen LogP contribution in [0, 0.1) is 39.4 Å². The molecule has 5 aliphatic rings. The Hall–Kier alpha value is -1.63. The van der Waals surface area contributed by atoms with Crippen LogP contribution >= 0.6 is 0 Å². The summed E-state index contributed by atoms with van der Waals surface area (Å²) in [5.74, 6) is -0.502. The van der Waals surface area contributed by atoms with Crippen molar-refractivity contribution < 1.29 is 33.7 Å². The number of aliphatic hydroxyl groups is 1. The van der Waals surface area contributed by atoms with Gasteiger partial charge in [0.25, 0.3) is 0 Å². The maximum Gasteiger partial charge on any atom is 0.306 e. The summed E-state index contributed by atoms with van der Waals surface area (Å²) in [7, 11) is 0. The molecule has 0 spiro atoms. The summed E-state index contributed by atoms with van der Waals surface area (Å²) < 4.78 is 17.8. The van der Waals surface area contributed by atoms with Gasteiger partial charge in [-0.05, 0) is 80.0 Å². The standard InChI is InChI=1S/C31H48O7/c1-18(32)36-20-17-22-27(5)12-10-23(37-19(2)33)26(3,4)21(27)9-13-28(22,6)29(7)15-16-31(35,25(20)29)30(8)14-11-24(34)38-30/h20-23,25,35H,9-17H2,1-8H3/t20-,21+,22+,23-,25-,27+,28-,29-,30+,31-/m1/s1. The minimum Gasteiger partial charge on any atom is -0.462 e. The third-order valence-corrected chi connectivity index (χ3v) is 13.0. The van der Waals surface area contributed by atoms with Crippen molar-refractivity contribution in [1.29, 1.82) is 0 Å². The number of hydrogen-bond donors (Lipinski definition) is 1. The number of cyclic esters (lactones) is 1. The number of esters is 3. The maximum atomic E-state index is 12.5. The van der Waals surface area contributed by atoms with Gasteiger partial charge in [-0.15, -0.1) is 0 Å². The van der Waals surface area contributed by atoms with E-state index in [0.29, 0.717) is 31.6 Å². The molecule has 5 fully saturated rings. The fourth-order valence-corrected chi connectivity index (χ4v) is 11.1. The molecule has 1 aliphatic heterocycles. The van der Waals surface area contributed by atoms with Crippen molar-refractivity contribution in [3.8, 4) is 0 Å². The van der Waals surface area contributed by atoms with E-state index in [1.165, 1.54) is 13.8 Å². The zero-order valence-corrected chi connectivity index (χ0v) is 24.6. The lowest BCUT2D eigenvalue weighted by molar-refractivity contribution is -0.273. The third-order valence-electron chi connectivity index (χ3n) is 13.0. The van der Waals surface area contributed by atoms with Gasteiger partial charge < -0.3 is 19.3 Å². The zero-order valence-electron chi connectivity index (χ0n) is 24.6. The molecular formula is C31H48O7. The van der Waals surface area contributed by atoms with Gasteiger partial charge in [0, 0.05) is 38.0 Å². The molecule has 0 radical (unpaired) electrons. The van der Waals surface area contributed by atoms with Crippen molar-refractivity contribution >= 4 is 17.9 Å². The van der Waals surface area contributed by atoms with Gasteiger partial charge in [-0.25, -0.2) is 0 Å². The van der Waals surface area contributed by atoms with E-state index in [9.17, 15) is 19.5 Å². The average Bonchev–Trinajstić information content (AvgIpc) is 3.30. The fourth-order valence-electron chi connectivity index (χ4n) is 11.1. The summed E-state index contributed by atoms with van der Waals surface area (Å²) in [6.45, 7) is 16.5. The molecule has 0 aromatic heterocycles. The second kappa shape index (κ2) is 8.44.